The van der Waals surface area contributed by atoms with Gasteiger partial charge in [-0.2, -0.15) is 0 Å². The molecular formula is C21H22N2O3. The number of benzene rings is 2. The lowest BCUT2D eigenvalue weighted by atomic mass is 10.1. The van der Waals surface area contributed by atoms with Gasteiger partial charge in [-0.1, -0.05) is 30.3 Å². The van der Waals surface area contributed by atoms with Gasteiger partial charge in [0, 0.05) is 18.3 Å². The second-order valence-corrected chi connectivity index (χ2v) is 6.45. The van der Waals surface area contributed by atoms with Crippen molar-refractivity contribution in [3.63, 3.8) is 0 Å². The first-order chi connectivity index (χ1) is 12.5. The Balaban J connectivity index is 1.65. The summed E-state index contributed by atoms with van der Waals surface area (Å²) in [5.41, 5.74) is 4.30. The minimum Gasteiger partial charge on any atom is -0.488 e. The van der Waals surface area contributed by atoms with Gasteiger partial charge in [0.15, 0.2) is 0 Å². The number of para-hydroxylation sites is 1. The van der Waals surface area contributed by atoms with E-state index in [4.69, 9.17) is 4.74 Å². The van der Waals surface area contributed by atoms with Crippen molar-refractivity contribution in [2.45, 2.75) is 13.8 Å². The quantitative estimate of drug-likeness (QED) is 0.921. The Labute approximate surface area is 153 Å². The molecule has 0 unspecified atom stereocenters. The SMILES string of the molecule is Cc1cccc(NC(=O)CN(C)C(=O)C2=Cc3ccccc3OC2)c1C. The van der Waals surface area contributed by atoms with E-state index in [9.17, 15) is 9.59 Å². The maximum absolute atomic E-state index is 12.6. The van der Waals surface area contributed by atoms with Crippen LogP contribution in [0.25, 0.3) is 6.08 Å². The fourth-order valence-electron chi connectivity index (χ4n) is 2.85. The summed E-state index contributed by atoms with van der Waals surface area (Å²) in [5, 5.41) is 2.87. The van der Waals surface area contributed by atoms with Crippen LogP contribution in [0.3, 0.4) is 0 Å². The molecule has 5 nitrogen and oxygen atoms in total. The number of fused-ring (bicyclic) bond motifs is 1. The van der Waals surface area contributed by atoms with Gasteiger partial charge in [-0.25, -0.2) is 0 Å². The van der Waals surface area contributed by atoms with E-state index in [1.54, 1.807) is 7.05 Å². The largest absolute Gasteiger partial charge is 0.488 e. The van der Waals surface area contributed by atoms with Crippen LogP contribution in [0.2, 0.25) is 0 Å². The summed E-state index contributed by atoms with van der Waals surface area (Å²) in [5.74, 6) is 0.322. The topological polar surface area (TPSA) is 58.6 Å². The van der Waals surface area contributed by atoms with E-state index in [2.05, 4.69) is 5.32 Å². The molecule has 1 N–H and O–H groups in total. The predicted octanol–water partition coefficient (Wildman–Crippen LogP) is 3.18. The van der Waals surface area contributed by atoms with E-state index < -0.39 is 0 Å². The first kappa shape index (κ1) is 17.7. The second kappa shape index (κ2) is 7.44. The normalized spacial score (nSPS) is 12.5. The molecular weight excluding hydrogens is 328 g/mol. The average molecular weight is 350 g/mol. The predicted molar refractivity (Wildman–Crippen MR) is 102 cm³/mol. The Morgan fingerprint density at radius 1 is 1.12 bits per heavy atom. The van der Waals surface area contributed by atoms with E-state index >= 15 is 0 Å². The highest BCUT2D eigenvalue weighted by Crippen LogP contribution is 2.26. The Bertz CT molecular complexity index is 887. The van der Waals surface area contributed by atoms with Crippen molar-refractivity contribution >= 4 is 23.6 Å². The number of ether oxygens (including phenoxy) is 1. The molecule has 0 aliphatic carbocycles. The lowest BCUT2D eigenvalue weighted by molar-refractivity contribution is -0.130. The smallest absolute Gasteiger partial charge is 0.253 e. The Kier molecular flexibility index (Phi) is 5.07. The van der Waals surface area contributed by atoms with E-state index in [1.807, 2.05) is 62.4 Å². The molecule has 0 atom stereocenters. The van der Waals surface area contributed by atoms with Crippen molar-refractivity contribution < 1.29 is 14.3 Å². The number of amides is 2. The van der Waals surface area contributed by atoms with E-state index in [-0.39, 0.29) is 25.0 Å². The maximum atomic E-state index is 12.6. The molecule has 5 heteroatoms. The first-order valence-electron chi connectivity index (χ1n) is 8.49. The third-order valence-electron chi connectivity index (χ3n) is 4.51. The molecule has 26 heavy (non-hydrogen) atoms. The van der Waals surface area contributed by atoms with Gasteiger partial charge in [-0.3, -0.25) is 9.59 Å². The minimum atomic E-state index is -0.229. The minimum absolute atomic E-state index is 0.0226. The molecule has 0 radical (unpaired) electrons. The number of carbonyl (C=O) groups is 2. The van der Waals surface area contributed by atoms with Crippen LogP contribution in [-0.2, 0) is 9.59 Å². The van der Waals surface area contributed by atoms with Crippen molar-refractivity contribution in [3.8, 4) is 5.75 Å². The van der Waals surface area contributed by atoms with Crippen molar-refractivity contribution in [2.75, 3.05) is 25.5 Å². The fraction of sp³-hybridized carbons (Fsp3) is 0.238. The van der Waals surface area contributed by atoms with Crippen LogP contribution in [0, 0.1) is 13.8 Å². The van der Waals surface area contributed by atoms with Gasteiger partial charge < -0.3 is 15.0 Å². The van der Waals surface area contributed by atoms with Crippen molar-refractivity contribution in [2.24, 2.45) is 0 Å². The lowest BCUT2D eigenvalue weighted by Crippen LogP contribution is -2.37. The molecule has 2 amide bonds. The molecule has 2 aromatic rings. The van der Waals surface area contributed by atoms with Crippen molar-refractivity contribution in [3.05, 3.63) is 64.7 Å². The summed E-state index contributed by atoms with van der Waals surface area (Å²) in [6.45, 7) is 4.14. The molecule has 0 spiro atoms. The van der Waals surface area contributed by atoms with Gasteiger partial charge in [-0.15, -0.1) is 0 Å². The summed E-state index contributed by atoms with van der Waals surface area (Å²) in [4.78, 5) is 26.3. The molecule has 3 rings (SSSR count). The zero-order chi connectivity index (χ0) is 18.7. The van der Waals surface area contributed by atoms with Gasteiger partial charge in [0.25, 0.3) is 5.91 Å². The lowest BCUT2D eigenvalue weighted by Gasteiger charge is -2.22. The van der Waals surface area contributed by atoms with Gasteiger partial charge in [-0.05, 0) is 43.2 Å². The number of hydrogen-bond donors (Lipinski definition) is 1. The molecule has 0 aromatic heterocycles. The van der Waals surface area contributed by atoms with E-state index in [0.717, 1.165) is 28.1 Å². The maximum Gasteiger partial charge on any atom is 0.253 e. The van der Waals surface area contributed by atoms with Gasteiger partial charge >= 0.3 is 0 Å². The highest BCUT2D eigenvalue weighted by molar-refractivity contribution is 6.02. The van der Waals surface area contributed by atoms with Crippen LogP contribution < -0.4 is 10.1 Å². The molecule has 1 aliphatic heterocycles. The van der Waals surface area contributed by atoms with E-state index in [0.29, 0.717) is 5.57 Å². The van der Waals surface area contributed by atoms with E-state index in [1.165, 1.54) is 4.90 Å². The fourth-order valence-corrected chi connectivity index (χ4v) is 2.85. The summed E-state index contributed by atoms with van der Waals surface area (Å²) in [6, 6.07) is 13.3. The highest BCUT2D eigenvalue weighted by atomic mass is 16.5. The number of carbonyl (C=O) groups excluding carboxylic acids is 2. The average Bonchev–Trinajstić information content (AvgIpc) is 2.64. The Morgan fingerprint density at radius 3 is 2.69 bits per heavy atom. The molecule has 2 aromatic carbocycles. The molecule has 0 saturated carbocycles. The number of aryl methyl sites for hydroxylation is 1. The third-order valence-corrected chi connectivity index (χ3v) is 4.51. The number of rotatable bonds is 4. The monoisotopic (exact) mass is 350 g/mol. The number of nitrogens with zero attached hydrogens (tertiary/aromatic N) is 1. The van der Waals surface area contributed by atoms with Gasteiger partial charge in [0.1, 0.15) is 12.4 Å². The molecule has 1 aliphatic rings. The number of hydrogen-bond acceptors (Lipinski definition) is 3. The van der Waals surface area contributed by atoms with Crippen LogP contribution in [0.15, 0.2) is 48.0 Å². The van der Waals surface area contributed by atoms with Crippen molar-refractivity contribution in [1.29, 1.82) is 0 Å². The number of likely N-dealkylation sites (N-methyl/N-ethyl adjacent to an activating group) is 1. The van der Waals surface area contributed by atoms with Crippen LogP contribution in [-0.4, -0.2) is 36.9 Å². The zero-order valence-electron chi connectivity index (χ0n) is 15.2. The molecule has 0 saturated heterocycles. The van der Waals surface area contributed by atoms with Crippen LogP contribution in [0.1, 0.15) is 16.7 Å². The second-order valence-electron chi connectivity index (χ2n) is 6.45. The standard InChI is InChI=1S/C21H22N2O3/c1-14-7-6-9-18(15(14)2)22-20(24)12-23(3)21(25)17-11-16-8-4-5-10-19(16)26-13-17/h4-11H,12-13H2,1-3H3,(H,22,24). The van der Waals surface area contributed by atoms with Crippen LogP contribution in [0.5, 0.6) is 5.75 Å². The molecule has 1 heterocycles. The number of nitrogens with one attached hydrogen (secondary N) is 1. The van der Waals surface area contributed by atoms with Crippen LogP contribution in [0.4, 0.5) is 5.69 Å². The highest BCUT2D eigenvalue weighted by Gasteiger charge is 2.21. The van der Waals surface area contributed by atoms with Gasteiger partial charge in [0.2, 0.25) is 5.91 Å². The third kappa shape index (κ3) is 3.77. The molecule has 134 valence electrons. The Morgan fingerprint density at radius 2 is 1.88 bits per heavy atom. The van der Waals surface area contributed by atoms with Crippen molar-refractivity contribution in [1.82, 2.24) is 4.90 Å². The summed E-state index contributed by atoms with van der Waals surface area (Å²) < 4.78 is 5.62. The molecule has 0 fully saturated rings. The van der Waals surface area contributed by atoms with Gasteiger partial charge in [0.05, 0.1) is 12.1 Å². The first-order valence-corrected chi connectivity index (χ1v) is 8.49. The summed E-state index contributed by atoms with van der Waals surface area (Å²) >= 11 is 0. The summed E-state index contributed by atoms with van der Waals surface area (Å²) in [7, 11) is 1.62. The Hall–Kier alpha value is -3.08. The number of anilines is 1. The van der Waals surface area contributed by atoms with Crippen LogP contribution >= 0.6 is 0 Å². The molecule has 0 bridgehead atoms. The zero-order valence-corrected chi connectivity index (χ0v) is 15.2. The summed E-state index contributed by atoms with van der Waals surface area (Å²) in [6.07, 6.45) is 1.82.